The van der Waals surface area contributed by atoms with Gasteiger partial charge in [-0.2, -0.15) is 0 Å². The molecule has 12 rings (SSSR count). The van der Waals surface area contributed by atoms with Gasteiger partial charge in [-0.1, -0.05) is 109 Å². The van der Waals surface area contributed by atoms with Gasteiger partial charge in [0.1, 0.15) is 22.3 Å². The Kier molecular flexibility index (Phi) is 6.60. The van der Waals surface area contributed by atoms with Crippen LogP contribution < -0.4 is 9.80 Å². The summed E-state index contributed by atoms with van der Waals surface area (Å²) in [6.07, 6.45) is 0. The molecule has 0 amide bonds. The molecular weight excluding hydrogens is 685 g/mol. The molecule has 0 spiro atoms. The van der Waals surface area contributed by atoms with Gasteiger partial charge in [0.25, 0.3) is 0 Å². The van der Waals surface area contributed by atoms with E-state index < -0.39 is 0 Å². The summed E-state index contributed by atoms with van der Waals surface area (Å²) in [5.41, 5.74) is 9.97. The van der Waals surface area contributed by atoms with Crippen molar-refractivity contribution in [3.8, 4) is 0 Å². The van der Waals surface area contributed by atoms with Gasteiger partial charge in [0.05, 0.1) is 11.4 Å². The van der Waals surface area contributed by atoms with Crippen molar-refractivity contribution in [1.82, 2.24) is 0 Å². The molecule has 0 atom stereocenters. The number of hydrogen-bond acceptors (Lipinski definition) is 4. The van der Waals surface area contributed by atoms with E-state index in [0.29, 0.717) is 0 Å². The predicted molar refractivity (Wildman–Crippen MR) is 234 cm³/mol. The molecule has 0 aliphatic heterocycles. The maximum Gasteiger partial charge on any atom is 0.137 e. The zero-order valence-electron chi connectivity index (χ0n) is 30.2. The van der Waals surface area contributed by atoms with E-state index in [1.165, 1.54) is 32.3 Å². The van der Waals surface area contributed by atoms with E-state index in [1.807, 2.05) is 24.3 Å². The van der Waals surface area contributed by atoms with E-state index >= 15 is 0 Å². The van der Waals surface area contributed by atoms with Crippen molar-refractivity contribution >= 4 is 110 Å². The van der Waals surface area contributed by atoms with Gasteiger partial charge < -0.3 is 18.6 Å². The molecule has 0 unspecified atom stereocenters. The van der Waals surface area contributed by atoms with E-state index in [2.05, 4.69) is 180 Å². The Morgan fingerprint density at radius 2 is 0.643 bits per heavy atom. The fraction of sp³-hybridized carbons (Fsp3) is 0. The first-order chi connectivity index (χ1) is 27.8. The average molecular weight is 717 g/mol. The van der Waals surface area contributed by atoms with Crippen LogP contribution in [0.4, 0.5) is 34.1 Å². The number of nitrogens with zero attached hydrogens (tertiary/aromatic N) is 2. The van der Waals surface area contributed by atoms with Gasteiger partial charge in [0.2, 0.25) is 0 Å². The quantitative estimate of drug-likeness (QED) is 0.160. The first-order valence-electron chi connectivity index (χ1n) is 19.0. The molecule has 262 valence electrons. The maximum absolute atomic E-state index is 6.41. The van der Waals surface area contributed by atoms with Crippen LogP contribution in [-0.4, -0.2) is 0 Å². The van der Waals surface area contributed by atoms with E-state index in [1.54, 1.807) is 0 Å². The van der Waals surface area contributed by atoms with Crippen LogP contribution in [0, 0.1) is 0 Å². The van der Waals surface area contributed by atoms with Crippen molar-refractivity contribution in [3.63, 3.8) is 0 Å². The highest BCUT2D eigenvalue weighted by atomic mass is 16.3. The monoisotopic (exact) mass is 716 g/mol. The summed E-state index contributed by atoms with van der Waals surface area (Å²) in [7, 11) is 0. The predicted octanol–water partition coefficient (Wildman–Crippen LogP) is 15.3. The summed E-state index contributed by atoms with van der Waals surface area (Å²) in [6.45, 7) is 0. The van der Waals surface area contributed by atoms with Crippen molar-refractivity contribution in [1.29, 1.82) is 0 Å². The zero-order chi connectivity index (χ0) is 36.7. The number of para-hydroxylation sites is 4. The largest absolute Gasteiger partial charge is 0.456 e. The molecule has 2 aromatic heterocycles. The fourth-order valence-electron chi connectivity index (χ4n) is 8.88. The summed E-state index contributed by atoms with van der Waals surface area (Å²) in [4.78, 5) is 4.72. The van der Waals surface area contributed by atoms with Crippen LogP contribution in [0.25, 0.3) is 76.2 Å². The van der Waals surface area contributed by atoms with E-state index in [4.69, 9.17) is 8.83 Å². The Bertz CT molecular complexity index is 3210. The van der Waals surface area contributed by atoms with Crippen LogP contribution in [0.5, 0.6) is 0 Å². The first-order valence-corrected chi connectivity index (χ1v) is 19.0. The first kappa shape index (κ1) is 30.9. The van der Waals surface area contributed by atoms with Gasteiger partial charge >= 0.3 is 0 Å². The van der Waals surface area contributed by atoms with Gasteiger partial charge in [0, 0.05) is 67.2 Å². The fourth-order valence-corrected chi connectivity index (χ4v) is 8.88. The van der Waals surface area contributed by atoms with Gasteiger partial charge in [-0.25, -0.2) is 0 Å². The second-order valence-corrected chi connectivity index (χ2v) is 14.5. The Morgan fingerprint density at radius 1 is 0.268 bits per heavy atom. The normalized spacial score (nSPS) is 11.9. The molecule has 0 bridgehead atoms. The number of anilines is 6. The van der Waals surface area contributed by atoms with Crippen LogP contribution in [0.1, 0.15) is 0 Å². The van der Waals surface area contributed by atoms with Crippen LogP contribution in [0.2, 0.25) is 0 Å². The van der Waals surface area contributed by atoms with Crippen LogP contribution in [0.3, 0.4) is 0 Å². The Balaban J connectivity index is 1.09. The SMILES string of the molecule is c1ccc(N(c2ccc3c(c2)oc2ccccc23)c2ccc3ccc4c(N(c5ccccc5)c5ccc6c(c5)oc5ccccc56)ccc5ccc2c3c54)cc1. The second kappa shape index (κ2) is 12.0. The lowest BCUT2D eigenvalue weighted by atomic mass is 9.91. The summed E-state index contributed by atoms with van der Waals surface area (Å²) >= 11 is 0. The minimum absolute atomic E-state index is 0.869. The number of rotatable bonds is 6. The molecule has 0 aliphatic rings. The third-order valence-corrected chi connectivity index (χ3v) is 11.4. The summed E-state index contributed by atoms with van der Waals surface area (Å²) in [6, 6.07) is 69.1. The molecule has 4 nitrogen and oxygen atoms in total. The molecule has 0 fully saturated rings. The van der Waals surface area contributed by atoms with Gasteiger partial charge in [0.15, 0.2) is 0 Å². The maximum atomic E-state index is 6.41. The van der Waals surface area contributed by atoms with Gasteiger partial charge in [-0.15, -0.1) is 0 Å². The third kappa shape index (κ3) is 4.60. The third-order valence-electron chi connectivity index (χ3n) is 11.4. The van der Waals surface area contributed by atoms with Crippen LogP contribution in [0.15, 0.2) is 203 Å². The lowest BCUT2D eigenvalue weighted by Crippen LogP contribution is -2.11. The highest BCUT2D eigenvalue weighted by molar-refractivity contribution is 6.28. The van der Waals surface area contributed by atoms with Gasteiger partial charge in [-0.3, -0.25) is 0 Å². The minimum Gasteiger partial charge on any atom is -0.456 e. The Morgan fingerprint density at radius 3 is 1.11 bits per heavy atom. The lowest BCUT2D eigenvalue weighted by molar-refractivity contribution is 0.668. The van der Waals surface area contributed by atoms with Crippen molar-refractivity contribution in [2.45, 2.75) is 0 Å². The van der Waals surface area contributed by atoms with E-state index in [-0.39, 0.29) is 0 Å². The number of benzene rings is 10. The molecule has 10 aromatic carbocycles. The standard InChI is InChI=1S/C52H32N2O2/c1-3-11-35(12-4-1)53(37-23-27-41-39-15-7-9-17-47(39)55-49(41)31-37)45-29-21-33-20-26-44-46(30-22-34-19-25-43(45)51(33)52(34)44)54(36-13-5-2-6-14-36)38-24-28-42-40-16-8-10-18-48(40)56-50(42)32-38/h1-32H. The summed E-state index contributed by atoms with van der Waals surface area (Å²) in [5.74, 6) is 0. The molecule has 0 saturated heterocycles. The van der Waals surface area contributed by atoms with E-state index in [9.17, 15) is 0 Å². The molecule has 2 heterocycles. The Hall–Kier alpha value is -7.56. The van der Waals surface area contributed by atoms with Crippen LogP contribution in [-0.2, 0) is 0 Å². The highest BCUT2D eigenvalue weighted by Gasteiger charge is 2.23. The molecule has 0 radical (unpaired) electrons. The highest BCUT2D eigenvalue weighted by Crippen LogP contribution is 2.48. The van der Waals surface area contributed by atoms with Crippen molar-refractivity contribution in [2.75, 3.05) is 9.80 Å². The number of hydrogen-bond donors (Lipinski definition) is 0. The number of furan rings is 2. The van der Waals surface area contributed by atoms with Crippen molar-refractivity contribution < 1.29 is 8.83 Å². The smallest absolute Gasteiger partial charge is 0.137 e. The summed E-state index contributed by atoms with van der Waals surface area (Å²) in [5, 5.41) is 11.7. The molecule has 0 saturated carbocycles. The molecule has 0 N–H and O–H groups in total. The van der Waals surface area contributed by atoms with Crippen LogP contribution >= 0.6 is 0 Å². The van der Waals surface area contributed by atoms with E-state index in [0.717, 1.165) is 78.0 Å². The van der Waals surface area contributed by atoms with Gasteiger partial charge in [-0.05, 0) is 94.3 Å². The molecule has 12 aromatic rings. The molecule has 56 heavy (non-hydrogen) atoms. The Labute approximate surface area is 322 Å². The topological polar surface area (TPSA) is 32.8 Å². The molecule has 0 aliphatic carbocycles. The van der Waals surface area contributed by atoms with Crippen molar-refractivity contribution in [3.05, 3.63) is 194 Å². The minimum atomic E-state index is 0.869. The zero-order valence-corrected chi connectivity index (χ0v) is 30.2. The average Bonchev–Trinajstić information content (AvgIpc) is 3.82. The second-order valence-electron chi connectivity index (χ2n) is 14.5. The van der Waals surface area contributed by atoms with Crippen molar-refractivity contribution in [2.24, 2.45) is 0 Å². The summed E-state index contributed by atoms with van der Waals surface area (Å²) < 4.78 is 12.8. The number of fused-ring (bicyclic) bond motifs is 6. The molecule has 4 heteroatoms. The lowest BCUT2D eigenvalue weighted by Gasteiger charge is -2.29. The molecular formula is C52H32N2O2.